The van der Waals surface area contributed by atoms with Gasteiger partial charge in [-0.2, -0.15) is 4.31 Å². The van der Waals surface area contributed by atoms with Gasteiger partial charge in [0.15, 0.2) is 0 Å². The van der Waals surface area contributed by atoms with Crippen LogP contribution in [0, 0.1) is 6.92 Å². The number of nitrogens with zero attached hydrogens (tertiary/aromatic N) is 3. The maximum Gasteiger partial charge on any atom is 0.252 e. The van der Waals surface area contributed by atoms with Gasteiger partial charge in [0.05, 0.1) is 24.3 Å². The summed E-state index contributed by atoms with van der Waals surface area (Å²) in [6.45, 7) is 2.83. The van der Waals surface area contributed by atoms with Gasteiger partial charge in [0.25, 0.3) is 10.0 Å². The van der Waals surface area contributed by atoms with E-state index >= 15 is 0 Å². The molecular formula is C12H15N3O2S2. The molecule has 0 aromatic carbocycles. The Labute approximate surface area is 116 Å². The van der Waals surface area contributed by atoms with E-state index in [0.29, 0.717) is 23.7 Å². The van der Waals surface area contributed by atoms with Gasteiger partial charge in [0, 0.05) is 24.9 Å². The Hall–Kier alpha value is -1.18. The van der Waals surface area contributed by atoms with Gasteiger partial charge in [-0.3, -0.25) is 0 Å². The summed E-state index contributed by atoms with van der Waals surface area (Å²) in [6, 6.07) is 3.53. The monoisotopic (exact) mass is 297 g/mol. The van der Waals surface area contributed by atoms with E-state index in [2.05, 4.69) is 4.98 Å². The number of hydrogen-bond donors (Lipinski definition) is 0. The molecule has 0 atom stereocenters. The number of imidazole rings is 1. The molecule has 0 unspecified atom stereocenters. The maximum atomic E-state index is 12.6. The van der Waals surface area contributed by atoms with E-state index < -0.39 is 10.0 Å². The first-order valence-corrected chi connectivity index (χ1v) is 8.30. The van der Waals surface area contributed by atoms with E-state index in [9.17, 15) is 8.42 Å². The van der Waals surface area contributed by atoms with Crippen molar-refractivity contribution >= 4 is 21.4 Å². The molecule has 0 spiro atoms. The predicted molar refractivity (Wildman–Crippen MR) is 73.6 cm³/mol. The molecule has 7 heteroatoms. The van der Waals surface area contributed by atoms with E-state index in [1.807, 2.05) is 24.6 Å². The molecular weight excluding hydrogens is 282 g/mol. The van der Waals surface area contributed by atoms with E-state index in [1.165, 1.54) is 11.3 Å². The molecule has 5 nitrogen and oxygen atoms in total. The molecule has 0 aliphatic carbocycles. The smallest absolute Gasteiger partial charge is 0.252 e. The van der Waals surface area contributed by atoms with Crippen LogP contribution in [0.1, 0.15) is 16.3 Å². The van der Waals surface area contributed by atoms with E-state index in [1.54, 1.807) is 16.7 Å². The van der Waals surface area contributed by atoms with Crippen molar-refractivity contribution in [1.82, 2.24) is 13.9 Å². The molecule has 3 rings (SSSR count). The highest BCUT2D eigenvalue weighted by molar-refractivity contribution is 7.91. The Balaban J connectivity index is 1.94. The zero-order valence-electron chi connectivity index (χ0n) is 10.8. The summed E-state index contributed by atoms with van der Waals surface area (Å²) in [5.74, 6) is 0. The molecule has 19 heavy (non-hydrogen) atoms. The van der Waals surface area contributed by atoms with Crippen molar-refractivity contribution in [1.29, 1.82) is 0 Å². The average Bonchev–Trinajstić information content (AvgIpc) is 2.97. The molecule has 3 heterocycles. The normalized spacial score (nSPS) is 16.5. The van der Waals surface area contributed by atoms with E-state index in [0.717, 1.165) is 16.3 Å². The standard InChI is InChI=1S/C12H15N3O2S2/c1-9-3-4-12(18-9)19(16,17)15-6-5-10-11(7-15)14(2)8-13-10/h3-4,8H,5-7H2,1-2H3. The van der Waals surface area contributed by atoms with Gasteiger partial charge in [-0.25, -0.2) is 13.4 Å². The minimum Gasteiger partial charge on any atom is -0.336 e. The molecule has 1 aliphatic heterocycles. The summed E-state index contributed by atoms with van der Waals surface area (Å²) >= 11 is 1.32. The third kappa shape index (κ3) is 2.11. The van der Waals surface area contributed by atoms with Gasteiger partial charge in [-0.05, 0) is 19.1 Å². The molecule has 0 saturated heterocycles. The number of sulfonamides is 1. The summed E-state index contributed by atoms with van der Waals surface area (Å²) in [5, 5.41) is 0. The van der Waals surface area contributed by atoms with Crippen LogP contribution >= 0.6 is 11.3 Å². The molecule has 2 aromatic rings. The lowest BCUT2D eigenvalue weighted by molar-refractivity contribution is 0.381. The maximum absolute atomic E-state index is 12.6. The van der Waals surface area contributed by atoms with Crippen LogP contribution in [0.25, 0.3) is 0 Å². The van der Waals surface area contributed by atoms with Gasteiger partial charge < -0.3 is 4.57 Å². The van der Waals surface area contributed by atoms with Crippen molar-refractivity contribution in [3.63, 3.8) is 0 Å². The fourth-order valence-corrected chi connectivity index (χ4v) is 5.12. The Morgan fingerprint density at radius 3 is 2.84 bits per heavy atom. The van der Waals surface area contributed by atoms with Crippen molar-refractivity contribution in [2.24, 2.45) is 7.05 Å². The molecule has 0 radical (unpaired) electrons. The Kier molecular flexibility index (Phi) is 2.99. The SMILES string of the molecule is Cc1ccc(S(=O)(=O)N2CCc3ncn(C)c3C2)s1. The largest absolute Gasteiger partial charge is 0.336 e. The van der Waals surface area contributed by atoms with Crippen LogP contribution in [-0.2, 0) is 30.0 Å². The lowest BCUT2D eigenvalue weighted by Gasteiger charge is -2.25. The minimum absolute atomic E-state index is 0.408. The van der Waals surface area contributed by atoms with Crippen LogP contribution in [0.15, 0.2) is 22.7 Å². The van der Waals surface area contributed by atoms with Gasteiger partial charge in [0.1, 0.15) is 4.21 Å². The first-order chi connectivity index (χ1) is 8.98. The van der Waals surface area contributed by atoms with Crippen LogP contribution in [0.3, 0.4) is 0 Å². The number of fused-ring (bicyclic) bond motifs is 1. The molecule has 0 bridgehead atoms. The van der Waals surface area contributed by atoms with Gasteiger partial charge in [0.2, 0.25) is 0 Å². The number of aromatic nitrogens is 2. The first kappa shape index (κ1) is 12.8. The molecule has 1 aliphatic rings. The molecule has 102 valence electrons. The molecule has 2 aromatic heterocycles. The average molecular weight is 297 g/mol. The molecule has 0 amide bonds. The summed E-state index contributed by atoms with van der Waals surface area (Å²) in [6.07, 6.45) is 2.43. The van der Waals surface area contributed by atoms with Crippen LogP contribution < -0.4 is 0 Å². The zero-order valence-corrected chi connectivity index (χ0v) is 12.5. The van der Waals surface area contributed by atoms with E-state index in [-0.39, 0.29) is 0 Å². The number of aryl methyl sites for hydroxylation is 2. The summed E-state index contributed by atoms with van der Waals surface area (Å²) < 4.78 is 29.0. The van der Waals surface area contributed by atoms with Crippen molar-refractivity contribution in [2.45, 2.75) is 24.1 Å². The van der Waals surface area contributed by atoms with Crippen molar-refractivity contribution < 1.29 is 8.42 Å². The Morgan fingerprint density at radius 2 is 2.16 bits per heavy atom. The van der Waals surface area contributed by atoms with Crippen molar-refractivity contribution in [3.8, 4) is 0 Å². The highest BCUT2D eigenvalue weighted by Crippen LogP contribution is 2.28. The lowest BCUT2D eigenvalue weighted by atomic mass is 10.2. The summed E-state index contributed by atoms with van der Waals surface area (Å²) in [7, 11) is -1.47. The van der Waals surface area contributed by atoms with Crippen LogP contribution in [0.5, 0.6) is 0 Å². The number of thiophene rings is 1. The quantitative estimate of drug-likeness (QED) is 0.845. The van der Waals surface area contributed by atoms with Gasteiger partial charge in [-0.15, -0.1) is 11.3 Å². The third-order valence-corrected chi connectivity index (χ3v) is 6.69. The van der Waals surface area contributed by atoms with Crippen LogP contribution in [-0.4, -0.2) is 28.8 Å². The van der Waals surface area contributed by atoms with Gasteiger partial charge in [-0.1, -0.05) is 0 Å². The Morgan fingerprint density at radius 1 is 1.37 bits per heavy atom. The topological polar surface area (TPSA) is 55.2 Å². The van der Waals surface area contributed by atoms with Crippen molar-refractivity contribution in [2.75, 3.05) is 6.54 Å². The van der Waals surface area contributed by atoms with Crippen molar-refractivity contribution in [3.05, 3.63) is 34.7 Å². The Bertz CT molecular complexity index is 715. The van der Waals surface area contributed by atoms with Gasteiger partial charge >= 0.3 is 0 Å². The summed E-state index contributed by atoms with van der Waals surface area (Å²) in [5.41, 5.74) is 2.00. The molecule has 0 saturated carbocycles. The second-order valence-electron chi connectivity index (χ2n) is 4.70. The predicted octanol–water partition coefficient (Wildman–Crippen LogP) is 1.54. The number of hydrogen-bond acceptors (Lipinski definition) is 4. The number of rotatable bonds is 2. The molecule has 0 N–H and O–H groups in total. The minimum atomic E-state index is -3.37. The molecule has 0 fully saturated rings. The first-order valence-electron chi connectivity index (χ1n) is 6.04. The lowest BCUT2D eigenvalue weighted by Crippen LogP contribution is -2.36. The second kappa shape index (κ2) is 4.43. The fraction of sp³-hybridized carbons (Fsp3) is 0.417. The highest BCUT2D eigenvalue weighted by atomic mass is 32.2. The highest BCUT2D eigenvalue weighted by Gasteiger charge is 2.31. The fourth-order valence-electron chi connectivity index (χ4n) is 2.28. The third-order valence-electron chi connectivity index (χ3n) is 3.38. The second-order valence-corrected chi connectivity index (χ2v) is 8.16. The van der Waals surface area contributed by atoms with Crippen LogP contribution in [0.4, 0.5) is 0 Å². The van der Waals surface area contributed by atoms with E-state index in [4.69, 9.17) is 0 Å². The summed E-state index contributed by atoms with van der Waals surface area (Å²) in [4.78, 5) is 5.30. The van der Waals surface area contributed by atoms with Crippen LogP contribution in [0.2, 0.25) is 0 Å². The zero-order chi connectivity index (χ0) is 13.6.